The van der Waals surface area contributed by atoms with Gasteiger partial charge in [0.1, 0.15) is 11.8 Å². The quantitative estimate of drug-likeness (QED) is 0.744. The van der Waals surface area contributed by atoms with Gasteiger partial charge in [-0.2, -0.15) is 0 Å². The number of hydrogen-bond acceptors (Lipinski definition) is 5. The summed E-state index contributed by atoms with van der Waals surface area (Å²) in [5, 5.41) is 4.38. The standard InChI is InChI=1S/C19H25N5O/c1-11(2)9-14-12-5-3-4-6-13(12)15-16-17(25-19(15)24-14)18(21-8-7-20)23-10-22-16/h10-11H,3-9,20H2,1-2H3,(H,21,22,23)/p+1. The summed E-state index contributed by atoms with van der Waals surface area (Å²) in [6.07, 6.45) is 7.27. The van der Waals surface area contributed by atoms with Crippen LogP contribution < -0.4 is 11.1 Å². The number of anilines is 1. The van der Waals surface area contributed by atoms with Gasteiger partial charge in [0, 0.05) is 5.69 Å². The number of aryl methyl sites for hydroxylation is 1. The third-order valence-electron chi connectivity index (χ3n) is 4.88. The molecule has 0 fully saturated rings. The average molecular weight is 340 g/mol. The summed E-state index contributed by atoms with van der Waals surface area (Å²) in [5.41, 5.74) is 10.2. The Kier molecular flexibility index (Phi) is 4.29. The Bertz CT molecular complexity index is 915. The van der Waals surface area contributed by atoms with E-state index in [4.69, 9.17) is 9.40 Å². The molecule has 0 aliphatic heterocycles. The van der Waals surface area contributed by atoms with Gasteiger partial charge in [-0.05, 0) is 49.1 Å². The van der Waals surface area contributed by atoms with Gasteiger partial charge in [-0.1, -0.05) is 13.8 Å². The Morgan fingerprint density at radius 2 is 2.00 bits per heavy atom. The molecule has 0 bridgehead atoms. The van der Waals surface area contributed by atoms with Gasteiger partial charge in [-0.3, -0.25) is 0 Å². The predicted octanol–water partition coefficient (Wildman–Crippen LogP) is 2.50. The minimum Gasteiger partial charge on any atom is -0.432 e. The van der Waals surface area contributed by atoms with Gasteiger partial charge in [-0.25, -0.2) is 15.0 Å². The summed E-state index contributed by atoms with van der Waals surface area (Å²) in [4.78, 5) is 13.8. The highest BCUT2D eigenvalue weighted by molar-refractivity contribution is 6.06. The van der Waals surface area contributed by atoms with Crippen molar-refractivity contribution in [1.29, 1.82) is 0 Å². The molecule has 3 aromatic heterocycles. The lowest BCUT2D eigenvalue weighted by Gasteiger charge is -2.20. The van der Waals surface area contributed by atoms with Crippen LogP contribution in [0, 0.1) is 5.92 Å². The maximum Gasteiger partial charge on any atom is 0.229 e. The fourth-order valence-electron chi connectivity index (χ4n) is 3.83. The molecule has 25 heavy (non-hydrogen) atoms. The second-order valence-corrected chi connectivity index (χ2v) is 7.28. The van der Waals surface area contributed by atoms with Crippen LogP contribution in [0.4, 0.5) is 5.82 Å². The van der Waals surface area contributed by atoms with Gasteiger partial charge in [0.05, 0.1) is 18.5 Å². The first-order chi connectivity index (χ1) is 12.2. The van der Waals surface area contributed by atoms with E-state index in [0.717, 1.165) is 49.1 Å². The fourth-order valence-corrected chi connectivity index (χ4v) is 3.83. The van der Waals surface area contributed by atoms with Gasteiger partial charge in [-0.15, -0.1) is 0 Å². The summed E-state index contributed by atoms with van der Waals surface area (Å²) in [6.45, 7) is 6.03. The molecule has 0 aromatic carbocycles. The number of hydrogen-bond donors (Lipinski definition) is 2. The van der Waals surface area contributed by atoms with Crippen LogP contribution in [0.1, 0.15) is 43.5 Å². The van der Waals surface area contributed by atoms with Crippen molar-refractivity contribution in [3.05, 3.63) is 23.1 Å². The Morgan fingerprint density at radius 1 is 1.20 bits per heavy atom. The number of aromatic nitrogens is 3. The van der Waals surface area contributed by atoms with Gasteiger partial charge < -0.3 is 15.5 Å². The monoisotopic (exact) mass is 340 g/mol. The van der Waals surface area contributed by atoms with Crippen LogP contribution in [-0.4, -0.2) is 28.0 Å². The van der Waals surface area contributed by atoms with Crippen molar-refractivity contribution in [1.82, 2.24) is 15.0 Å². The maximum absolute atomic E-state index is 6.15. The molecule has 4 N–H and O–H groups in total. The summed E-state index contributed by atoms with van der Waals surface area (Å²) in [5.74, 6) is 1.32. The Morgan fingerprint density at radius 3 is 2.76 bits per heavy atom. The predicted molar refractivity (Wildman–Crippen MR) is 98.5 cm³/mol. The number of furan rings is 1. The summed E-state index contributed by atoms with van der Waals surface area (Å²) >= 11 is 0. The van der Waals surface area contributed by atoms with Gasteiger partial charge >= 0.3 is 0 Å². The molecule has 0 spiro atoms. The van der Waals surface area contributed by atoms with Gasteiger partial charge in [0.25, 0.3) is 0 Å². The minimum atomic E-state index is 0.578. The van der Waals surface area contributed by atoms with E-state index in [1.54, 1.807) is 6.33 Å². The van der Waals surface area contributed by atoms with E-state index < -0.39 is 0 Å². The molecule has 6 nitrogen and oxygen atoms in total. The zero-order valence-electron chi connectivity index (χ0n) is 15.1. The lowest BCUT2D eigenvalue weighted by atomic mass is 9.87. The summed E-state index contributed by atoms with van der Waals surface area (Å²) in [6, 6.07) is 0. The fraction of sp³-hybridized carbons (Fsp3) is 0.526. The molecular formula is C19H26N5O+. The highest BCUT2D eigenvalue weighted by Crippen LogP contribution is 2.37. The van der Waals surface area contributed by atoms with Crippen molar-refractivity contribution in [2.24, 2.45) is 5.92 Å². The molecule has 0 saturated heterocycles. The highest BCUT2D eigenvalue weighted by atomic mass is 16.3. The van der Waals surface area contributed by atoms with Crippen molar-refractivity contribution in [2.45, 2.75) is 46.0 Å². The number of fused-ring (bicyclic) bond motifs is 5. The highest BCUT2D eigenvalue weighted by Gasteiger charge is 2.24. The minimum absolute atomic E-state index is 0.578. The van der Waals surface area contributed by atoms with E-state index in [0.29, 0.717) is 17.2 Å². The molecule has 0 saturated carbocycles. The first-order valence-electron chi connectivity index (χ1n) is 9.30. The number of nitrogens with zero attached hydrogens (tertiary/aromatic N) is 3. The molecule has 0 radical (unpaired) electrons. The maximum atomic E-state index is 6.15. The topological polar surface area (TPSA) is 91.5 Å². The molecule has 1 aliphatic carbocycles. The van der Waals surface area contributed by atoms with Crippen LogP contribution in [0.25, 0.3) is 22.2 Å². The van der Waals surface area contributed by atoms with E-state index in [1.807, 2.05) is 0 Å². The van der Waals surface area contributed by atoms with Crippen LogP contribution >= 0.6 is 0 Å². The van der Waals surface area contributed by atoms with E-state index in [2.05, 4.69) is 34.9 Å². The lowest BCUT2D eigenvalue weighted by Crippen LogP contribution is -2.53. The Labute approximate surface area is 147 Å². The van der Waals surface area contributed by atoms with Crippen LogP contribution in [0.3, 0.4) is 0 Å². The third-order valence-corrected chi connectivity index (χ3v) is 4.88. The van der Waals surface area contributed by atoms with Crippen molar-refractivity contribution < 1.29 is 10.2 Å². The van der Waals surface area contributed by atoms with E-state index in [9.17, 15) is 0 Å². The van der Waals surface area contributed by atoms with E-state index in [1.165, 1.54) is 29.7 Å². The SMILES string of the molecule is CC(C)Cc1nc2oc3c(NCC[NH3+])ncnc3c2c2c1CCCC2. The normalized spacial score (nSPS) is 14.4. The summed E-state index contributed by atoms with van der Waals surface area (Å²) in [7, 11) is 0. The van der Waals surface area contributed by atoms with Crippen LogP contribution in [-0.2, 0) is 19.3 Å². The smallest absolute Gasteiger partial charge is 0.229 e. The summed E-state index contributed by atoms with van der Waals surface area (Å²) < 4.78 is 6.15. The lowest BCUT2D eigenvalue weighted by molar-refractivity contribution is -0.362. The second kappa shape index (κ2) is 6.59. The zero-order chi connectivity index (χ0) is 17.4. The molecule has 1 aliphatic rings. The number of nitrogens with one attached hydrogen (secondary N) is 1. The van der Waals surface area contributed by atoms with Crippen molar-refractivity contribution in [2.75, 3.05) is 18.4 Å². The zero-order valence-corrected chi connectivity index (χ0v) is 15.1. The molecule has 0 atom stereocenters. The van der Waals surface area contributed by atoms with Gasteiger partial charge in [0.2, 0.25) is 5.71 Å². The molecule has 132 valence electrons. The van der Waals surface area contributed by atoms with Crippen LogP contribution in [0.2, 0.25) is 0 Å². The van der Waals surface area contributed by atoms with Crippen molar-refractivity contribution >= 4 is 28.0 Å². The van der Waals surface area contributed by atoms with Crippen LogP contribution in [0.5, 0.6) is 0 Å². The first-order valence-corrected chi connectivity index (χ1v) is 9.30. The first kappa shape index (κ1) is 16.3. The van der Waals surface area contributed by atoms with E-state index >= 15 is 0 Å². The number of rotatable bonds is 5. The Hall–Kier alpha value is -2.21. The molecule has 3 aromatic rings. The molecule has 6 heteroatoms. The molecule has 0 amide bonds. The molecule has 3 heterocycles. The van der Waals surface area contributed by atoms with Crippen LogP contribution in [0.15, 0.2) is 10.7 Å². The third kappa shape index (κ3) is 2.84. The second-order valence-electron chi connectivity index (χ2n) is 7.28. The Balaban J connectivity index is 1.97. The molecule has 0 unspecified atom stereocenters. The van der Waals surface area contributed by atoms with Crippen molar-refractivity contribution in [3.8, 4) is 0 Å². The number of quaternary nitrogens is 1. The largest absolute Gasteiger partial charge is 0.432 e. The average Bonchev–Trinajstić information content (AvgIpc) is 2.98. The van der Waals surface area contributed by atoms with Gasteiger partial charge in [0.15, 0.2) is 11.4 Å². The molecule has 4 rings (SSSR count). The number of pyridine rings is 1. The molecular weight excluding hydrogens is 314 g/mol. The van der Waals surface area contributed by atoms with Crippen molar-refractivity contribution in [3.63, 3.8) is 0 Å². The van der Waals surface area contributed by atoms with E-state index in [-0.39, 0.29) is 0 Å².